The molecule has 1 N–H and O–H groups in total. The fourth-order valence-electron chi connectivity index (χ4n) is 1.16. The maximum Gasteiger partial charge on any atom is 0.342 e. The number of hydrogen-bond donors (Lipinski definition) is 1. The van der Waals surface area contributed by atoms with Gasteiger partial charge < -0.3 is 9.84 Å². The Kier molecular flexibility index (Phi) is 3.29. The fraction of sp³-hybridized carbons (Fsp3) is 0.300. The highest BCUT2D eigenvalue weighted by molar-refractivity contribution is 9.10. The lowest BCUT2D eigenvalue weighted by Crippen LogP contribution is -2.33. The van der Waals surface area contributed by atoms with E-state index in [1.807, 2.05) is 0 Å². The lowest BCUT2D eigenvalue weighted by Gasteiger charge is -2.21. The van der Waals surface area contributed by atoms with E-state index < -0.39 is 11.6 Å². The average Bonchev–Trinajstić information content (AvgIpc) is 2.17. The van der Waals surface area contributed by atoms with E-state index in [1.54, 1.807) is 24.3 Å². The normalized spacial score (nSPS) is 14.6. The van der Waals surface area contributed by atoms with E-state index in [0.717, 1.165) is 0 Å². The molecule has 0 saturated heterocycles. The molecule has 0 aliphatic rings. The van der Waals surface area contributed by atoms with Gasteiger partial charge in [0.15, 0.2) is 5.60 Å². The topological polar surface area (TPSA) is 46.5 Å². The SMILES string of the molecule is COC(=O)C(C)(O)c1ccccc1Br. The van der Waals surface area contributed by atoms with Crippen LogP contribution >= 0.6 is 15.9 Å². The Hall–Kier alpha value is -0.870. The molecule has 0 aromatic heterocycles. The molecule has 0 bridgehead atoms. The van der Waals surface area contributed by atoms with Gasteiger partial charge >= 0.3 is 5.97 Å². The van der Waals surface area contributed by atoms with Gasteiger partial charge in [0.25, 0.3) is 0 Å². The summed E-state index contributed by atoms with van der Waals surface area (Å²) in [5.41, 5.74) is -1.12. The minimum Gasteiger partial charge on any atom is -0.467 e. The molecule has 1 atom stereocenters. The summed E-state index contributed by atoms with van der Waals surface area (Å²) in [5, 5.41) is 9.93. The second kappa shape index (κ2) is 4.11. The lowest BCUT2D eigenvalue weighted by molar-refractivity contribution is -0.161. The summed E-state index contributed by atoms with van der Waals surface area (Å²) < 4.78 is 5.19. The fourth-order valence-corrected chi connectivity index (χ4v) is 1.84. The first-order chi connectivity index (χ1) is 6.50. The zero-order valence-electron chi connectivity index (χ0n) is 7.95. The van der Waals surface area contributed by atoms with Crippen LogP contribution in [-0.2, 0) is 15.1 Å². The number of rotatable bonds is 2. The number of esters is 1. The van der Waals surface area contributed by atoms with E-state index in [9.17, 15) is 9.90 Å². The number of ether oxygens (including phenoxy) is 1. The Balaban J connectivity index is 3.16. The van der Waals surface area contributed by atoms with Crippen molar-refractivity contribution in [3.05, 3.63) is 34.3 Å². The van der Waals surface area contributed by atoms with Crippen LogP contribution in [-0.4, -0.2) is 18.2 Å². The van der Waals surface area contributed by atoms with E-state index >= 15 is 0 Å². The molecule has 0 aliphatic heterocycles. The first-order valence-corrected chi connectivity index (χ1v) is 4.85. The molecule has 1 unspecified atom stereocenters. The van der Waals surface area contributed by atoms with E-state index in [0.29, 0.717) is 10.0 Å². The Morgan fingerprint density at radius 2 is 2.07 bits per heavy atom. The van der Waals surface area contributed by atoms with Gasteiger partial charge in [-0.15, -0.1) is 0 Å². The summed E-state index contributed by atoms with van der Waals surface area (Å²) in [6, 6.07) is 6.98. The number of methoxy groups -OCH3 is 1. The number of halogens is 1. The van der Waals surface area contributed by atoms with E-state index in [-0.39, 0.29) is 0 Å². The maximum absolute atomic E-state index is 11.3. The van der Waals surface area contributed by atoms with Crippen molar-refractivity contribution in [2.45, 2.75) is 12.5 Å². The zero-order chi connectivity index (χ0) is 10.8. The van der Waals surface area contributed by atoms with Crippen molar-refractivity contribution in [3.8, 4) is 0 Å². The summed E-state index contributed by atoms with van der Waals surface area (Å²) >= 11 is 3.26. The third-order valence-corrected chi connectivity index (χ3v) is 2.67. The minimum absolute atomic E-state index is 0.492. The smallest absolute Gasteiger partial charge is 0.342 e. The van der Waals surface area contributed by atoms with Crippen LogP contribution in [0.25, 0.3) is 0 Å². The predicted molar refractivity (Wildman–Crippen MR) is 55.7 cm³/mol. The Labute approximate surface area is 90.8 Å². The molecule has 0 saturated carbocycles. The molecule has 4 heteroatoms. The monoisotopic (exact) mass is 258 g/mol. The van der Waals surface area contributed by atoms with Crippen LogP contribution in [0.3, 0.4) is 0 Å². The van der Waals surface area contributed by atoms with E-state index in [1.165, 1.54) is 14.0 Å². The van der Waals surface area contributed by atoms with Crippen LogP contribution < -0.4 is 0 Å². The second-order valence-corrected chi connectivity index (χ2v) is 3.90. The highest BCUT2D eigenvalue weighted by atomic mass is 79.9. The van der Waals surface area contributed by atoms with Crippen LogP contribution in [0.5, 0.6) is 0 Å². The first-order valence-electron chi connectivity index (χ1n) is 4.06. The maximum atomic E-state index is 11.3. The molecule has 0 fully saturated rings. The van der Waals surface area contributed by atoms with Crippen molar-refractivity contribution >= 4 is 21.9 Å². The van der Waals surface area contributed by atoms with Gasteiger partial charge in [0.05, 0.1) is 7.11 Å². The van der Waals surface area contributed by atoms with Crippen molar-refractivity contribution in [1.29, 1.82) is 0 Å². The number of carbonyl (C=O) groups is 1. The molecular formula is C10H11BrO3. The minimum atomic E-state index is -1.62. The van der Waals surface area contributed by atoms with Gasteiger partial charge in [0, 0.05) is 10.0 Å². The summed E-state index contributed by atoms with van der Waals surface area (Å²) in [6.45, 7) is 1.40. The quantitative estimate of drug-likeness (QED) is 0.824. The average molecular weight is 259 g/mol. The molecule has 0 aliphatic carbocycles. The van der Waals surface area contributed by atoms with Gasteiger partial charge in [-0.3, -0.25) is 0 Å². The van der Waals surface area contributed by atoms with E-state index in [2.05, 4.69) is 20.7 Å². The Morgan fingerprint density at radius 1 is 1.50 bits per heavy atom. The molecule has 3 nitrogen and oxygen atoms in total. The molecule has 1 rings (SSSR count). The van der Waals surface area contributed by atoms with Crippen LogP contribution in [0, 0.1) is 0 Å². The van der Waals surface area contributed by atoms with Gasteiger partial charge in [-0.25, -0.2) is 4.79 Å². The highest BCUT2D eigenvalue weighted by Gasteiger charge is 2.34. The first kappa shape index (κ1) is 11.2. The number of aliphatic hydroxyl groups is 1. The van der Waals surface area contributed by atoms with Gasteiger partial charge in [-0.1, -0.05) is 34.1 Å². The summed E-state index contributed by atoms with van der Waals surface area (Å²) in [6.07, 6.45) is 0. The van der Waals surface area contributed by atoms with Gasteiger partial charge in [0.1, 0.15) is 0 Å². The highest BCUT2D eigenvalue weighted by Crippen LogP contribution is 2.28. The summed E-state index contributed by atoms with van der Waals surface area (Å²) in [4.78, 5) is 11.3. The van der Waals surface area contributed by atoms with Gasteiger partial charge in [0.2, 0.25) is 0 Å². The zero-order valence-corrected chi connectivity index (χ0v) is 9.54. The molecule has 0 amide bonds. The molecule has 1 aromatic rings. The van der Waals surface area contributed by atoms with Crippen molar-refractivity contribution in [2.24, 2.45) is 0 Å². The van der Waals surface area contributed by atoms with Gasteiger partial charge in [-0.2, -0.15) is 0 Å². The van der Waals surface area contributed by atoms with Crippen LogP contribution in [0.15, 0.2) is 28.7 Å². The predicted octanol–water partition coefficient (Wildman–Crippen LogP) is 1.83. The second-order valence-electron chi connectivity index (χ2n) is 3.04. The lowest BCUT2D eigenvalue weighted by atomic mass is 9.96. The van der Waals surface area contributed by atoms with Crippen LogP contribution in [0.4, 0.5) is 0 Å². The van der Waals surface area contributed by atoms with E-state index in [4.69, 9.17) is 0 Å². The van der Waals surface area contributed by atoms with Crippen molar-refractivity contribution in [3.63, 3.8) is 0 Å². The van der Waals surface area contributed by atoms with Crippen molar-refractivity contribution < 1.29 is 14.6 Å². The van der Waals surface area contributed by atoms with Crippen LogP contribution in [0.1, 0.15) is 12.5 Å². The largest absolute Gasteiger partial charge is 0.467 e. The molecule has 0 radical (unpaired) electrons. The third-order valence-electron chi connectivity index (χ3n) is 1.98. The molecule has 76 valence electrons. The molecule has 1 aromatic carbocycles. The summed E-state index contributed by atoms with van der Waals surface area (Å²) in [7, 11) is 1.24. The number of hydrogen-bond acceptors (Lipinski definition) is 3. The third kappa shape index (κ3) is 1.96. The van der Waals surface area contributed by atoms with Crippen molar-refractivity contribution in [2.75, 3.05) is 7.11 Å². The number of carbonyl (C=O) groups excluding carboxylic acids is 1. The van der Waals surface area contributed by atoms with Crippen LogP contribution in [0.2, 0.25) is 0 Å². The van der Waals surface area contributed by atoms with Crippen molar-refractivity contribution in [1.82, 2.24) is 0 Å². The Bertz CT molecular complexity index is 347. The number of benzene rings is 1. The molecule has 0 heterocycles. The molecule has 0 spiro atoms. The molecule has 14 heavy (non-hydrogen) atoms. The Morgan fingerprint density at radius 3 is 2.57 bits per heavy atom. The standard InChI is InChI=1S/C10H11BrO3/c1-10(13,9(12)14-2)7-5-3-4-6-8(7)11/h3-6,13H,1-2H3. The molecular weight excluding hydrogens is 248 g/mol. The summed E-state index contributed by atoms with van der Waals surface area (Å²) in [5.74, 6) is -0.676. The van der Waals surface area contributed by atoms with Gasteiger partial charge in [-0.05, 0) is 13.0 Å².